The minimum Gasteiger partial charge on any atom is -0.462 e. The van der Waals surface area contributed by atoms with E-state index in [9.17, 15) is 14.4 Å². The van der Waals surface area contributed by atoms with Crippen LogP contribution in [0, 0.1) is 0 Å². The Morgan fingerprint density at radius 2 is 0.597 bits per heavy atom. The number of unbranched alkanes of at least 4 members (excludes halogenated alkanes) is 32. The quantitative estimate of drug-likeness (QED) is 0.0262. The summed E-state index contributed by atoms with van der Waals surface area (Å²) in [7, 11) is 0. The number of carbonyl (C=O) groups is 3. The average molecular weight is 871 g/mol. The number of esters is 3. The fraction of sp³-hybridized carbons (Fsp3) is 0.839. The van der Waals surface area contributed by atoms with Crippen molar-refractivity contribution >= 4 is 17.9 Å². The number of hydrogen-bond acceptors (Lipinski definition) is 6. The van der Waals surface area contributed by atoms with E-state index in [0.29, 0.717) is 19.3 Å². The highest BCUT2D eigenvalue weighted by molar-refractivity contribution is 5.71. The van der Waals surface area contributed by atoms with Crippen molar-refractivity contribution in [2.24, 2.45) is 0 Å². The molecule has 0 amide bonds. The third kappa shape index (κ3) is 48.7. The van der Waals surface area contributed by atoms with Crippen molar-refractivity contribution in [3.05, 3.63) is 36.5 Å². The predicted molar refractivity (Wildman–Crippen MR) is 266 cm³/mol. The van der Waals surface area contributed by atoms with Gasteiger partial charge >= 0.3 is 17.9 Å². The Kier molecular flexibility index (Phi) is 49.3. The second kappa shape index (κ2) is 51.3. The number of carbonyl (C=O) groups excluding carboxylic acids is 3. The third-order valence-corrected chi connectivity index (χ3v) is 11.9. The summed E-state index contributed by atoms with van der Waals surface area (Å²) in [5, 5.41) is 0. The van der Waals surface area contributed by atoms with E-state index in [0.717, 1.165) is 89.9 Å². The van der Waals surface area contributed by atoms with Crippen LogP contribution in [0.25, 0.3) is 0 Å². The molecule has 0 radical (unpaired) electrons. The number of hydrogen-bond donors (Lipinski definition) is 0. The van der Waals surface area contributed by atoms with Gasteiger partial charge in [0.15, 0.2) is 6.10 Å². The summed E-state index contributed by atoms with van der Waals surface area (Å²) in [4.78, 5) is 38.0. The van der Waals surface area contributed by atoms with Gasteiger partial charge in [-0.15, -0.1) is 0 Å². The maximum Gasteiger partial charge on any atom is 0.306 e. The lowest BCUT2D eigenvalue weighted by molar-refractivity contribution is -0.167. The zero-order chi connectivity index (χ0) is 45.1. The van der Waals surface area contributed by atoms with Gasteiger partial charge in [0.25, 0.3) is 0 Å². The molecule has 0 rings (SSSR count). The van der Waals surface area contributed by atoms with E-state index >= 15 is 0 Å². The van der Waals surface area contributed by atoms with Crippen LogP contribution in [0.4, 0.5) is 0 Å². The van der Waals surface area contributed by atoms with Gasteiger partial charge in [0, 0.05) is 19.3 Å². The molecule has 0 aromatic rings. The number of ether oxygens (including phenoxy) is 3. The van der Waals surface area contributed by atoms with E-state index in [1.165, 1.54) is 154 Å². The van der Waals surface area contributed by atoms with Crippen molar-refractivity contribution in [2.45, 2.75) is 290 Å². The molecule has 0 aliphatic rings. The van der Waals surface area contributed by atoms with Crippen LogP contribution in [-0.2, 0) is 28.6 Å². The monoisotopic (exact) mass is 871 g/mol. The Bertz CT molecular complexity index is 1050. The first-order chi connectivity index (χ1) is 30.5. The average Bonchev–Trinajstić information content (AvgIpc) is 3.27. The third-order valence-electron chi connectivity index (χ3n) is 11.9. The van der Waals surface area contributed by atoms with Crippen LogP contribution in [0.2, 0.25) is 0 Å². The zero-order valence-electron chi connectivity index (χ0n) is 41.4. The Hall–Kier alpha value is -2.37. The molecule has 0 aromatic carbocycles. The van der Waals surface area contributed by atoms with Crippen molar-refractivity contribution in [3.63, 3.8) is 0 Å². The molecule has 1 atom stereocenters. The molecule has 0 aromatic heterocycles. The molecule has 6 nitrogen and oxygen atoms in total. The molecular weight excluding hydrogens is 769 g/mol. The summed E-state index contributed by atoms with van der Waals surface area (Å²) in [6.45, 7) is 6.59. The van der Waals surface area contributed by atoms with Crippen molar-refractivity contribution in [1.82, 2.24) is 0 Å². The summed E-state index contributed by atoms with van der Waals surface area (Å²) in [6.07, 6.45) is 59.8. The summed E-state index contributed by atoms with van der Waals surface area (Å²) in [5.74, 6) is -0.889. The Morgan fingerprint density at radius 1 is 0.323 bits per heavy atom. The lowest BCUT2D eigenvalue weighted by Crippen LogP contribution is -2.30. The van der Waals surface area contributed by atoms with Gasteiger partial charge < -0.3 is 14.2 Å². The first kappa shape index (κ1) is 59.6. The first-order valence-corrected chi connectivity index (χ1v) is 27.0. The van der Waals surface area contributed by atoms with E-state index in [-0.39, 0.29) is 31.1 Å². The van der Waals surface area contributed by atoms with E-state index in [1.807, 2.05) is 0 Å². The maximum absolute atomic E-state index is 12.8. The predicted octanol–water partition coefficient (Wildman–Crippen LogP) is 17.7. The fourth-order valence-corrected chi connectivity index (χ4v) is 7.75. The van der Waals surface area contributed by atoms with Gasteiger partial charge in [0.2, 0.25) is 0 Å². The van der Waals surface area contributed by atoms with Gasteiger partial charge in [-0.2, -0.15) is 0 Å². The number of allylic oxidation sites excluding steroid dienone is 6. The zero-order valence-corrected chi connectivity index (χ0v) is 41.4. The topological polar surface area (TPSA) is 78.9 Å². The highest BCUT2D eigenvalue weighted by atomic mass is 16.6. The second-order valence-electron chi connectivity index (χ2n) is 18.1. The van der Waals surface area contributed by atoms with Gasteiger partial charge in [0.1, 0.15) is 13.2 Å². The minimum atomic E-state index is -0.779. The molecule has 0 bridgehead atoms. The molecular formula is C56H102O6. The van der Waals surface area contributed by atoms with Crippen LogP contribution >= 0.6 is 0 Å². The van der Waals surface area contributed by atoms with E-state index in [4.69, 9.17) is 14.2 Å². The molecule has 0 aliphatic heterocycles. The normalized spacial score (nSPS) is 12.2. The highest BCUT2D eigenvalue weighted by Gasteiger charge is 2.19. The largest absolute Gasteiger partial charge is 0.462 e. The molecule has 0 aliphatic carbocycles. The van der Waals surface area contributed by atoms with E-state index < -0.39 is 6.10 Å². The Morgan fingerprint density at radius 3 is 0.968 bits per heavy atom. The standard InChI is InChI=1S/C56H102O6/c1-4-7-10-13-16-19-22-24-26-28-30-31-34-37-40-43-46-49-55(58)61-52-53(51-60-54(57)48-45-42-39-36-33-21-18-15-12-9-6-3)62-56(59)50-47-44-41-38-35-32-29-27-25-23-20-17-14-11-8-5-2/h15,18,20,23,27,29,53H,4-14,16-17,19,21-22,24-26,28,30-52H2,1-3H3/b18-15-,23-20-,29-27-. The summed E-state index contributed by atoms with van der Waals surface area (Å²) < 4.78 is 16.8. The molecule has 1 unspecified atom stereocenters. The smallest absolute Gasteiger partial charge is 0.306 e. The maximum atomic E-state index is 12.8. The van der Waals surface area contributed by atoms with Gasteiger partial charge in [-0.05, 0) is 70.6 Å². The summed E-state index contributed by atoms with van der Waals surface area (Å²) in [5.41, 5.74) is 0. The Labute approximate surface area is 385 Å². The SMILES string of the molecule is CCCC/C=C\CCCCCCCC(=O)OCC(COC(=O)CCCCCCCCCCCCCCCCCCC)OC(=O)CCCCCCC/C=C\C/C=C\CCCCCC. The van der Waals surface area contributed by atoms with E-state index in [2.05, 4.69) is 57.2 Å². The molecule has 0 heterocycles. The van der Waals surface area contributed by atoms with Crippen molar-refractivity contribution in [2.75, 3.05) is 13.2 Å². The van der Waals surface area contributed by atoms with Crippen molar-refractivity contribution in [3.8, 4) is 0 Å². The first-order valence-electron chi connectivity index (χ1n) is 27.0. The van der Waals surface area contributed by atoms with Crippen LogP contribution < -0.4 is 0 Å². The van der Waals surface area contributed by atoms with Crippen LogP contribution in [0.1, 0.15) is 284 Å². The molecule has 0 N–H and O–H groups in total. The van der Waals surface area contributed by atoms with Gasteiger partial charge in [0.05, 0.1) is 0 Å². The molecule has 0 saturated carbocycles. The van der Waals surface area contributed by atoms with Crippen LogP contribution in [0.15, 0.2) is 36.5 Å². The van der Waals surface area contributed by atoms with Crippen molar-refractivity contribution < 1.29 is 28.6 Å². The second-order valence-corrected chi connectivity index (χ2v) is 18.1. The Balaban J connectivity index is 4.34. The molecule has 0 fully saturated rings. The minimum absolute atomic E-state index is 0.0774. The fourth-order valence-electron chi connectivity index (χ4n) is 7.75. The summed E-state index contributed by atoms with van der Waals surface area (Å²) >= 11 is 0. The van der Waals surface area contributed by atoms with Crippen molar-refractivity contribution in [1.29, 1.82) is 0 Å². The highest BCUT2D eigenvalue weighted by Crippen LogP contribution is 2.16. The van der Waals surface area contributed by atoms with Gasteiger partial charge in [-0.1, -0.05) is 231 Å². The lowest BCUT2D eigenvalue weighted by atomic mass is 10.0. The molecule has 0 saturated heterocycles. The lowest BCUT2D eigenvalue weighted by Gasteiger charge is -2.18. The van der Waals surface area contributed by atoms with Crippen LogP contribution in [0.5, 0.6) is 0 Å². The van der Waals surface area contributed by atoms with Crippen LogP contribution in [0.3, 0.4) is 0 Å². The molecule has 0 spiro atoms. The molecule has 362 valence electrons. The molecule has 6 heteroatoms. The number of rotatable bonds is 49. The van der Waals surface area contributed by atoms with Crippen LogP contribution in [-0.4, -0.2) is 37.2 Å². The van der Waals surface area contributed by atoms with Gasteiger partial charge in [-0.3, -0.25) is 14.4 Å². The van der Waals surface area contributed by atoms with E-state index in [1.54, 1.807) is 0 Å². The van der Waals surface area contributed by atoms with Gasteiger partial charge in [-0.25, -0.2) is 0 Å². The molecule has 62 heavy (non-hydrogen) atoms. The summed E-state index contributed by atoms with van der Waals surface area (Å²) in [6, 6.07) is 0.